The van der Waals surface area contributed by atoms with Crippen LogP contribution in [0, 0.1) is 0 Å². The number of hydrogen-bond donors (Lipinski definition) is 1. The number of amides is 1. The standard InChI is InChI=1S/C20H23N3O3/c1-2-16-5-3-4-10-23(16)19-9-6-14(12-21-19)20(24)22-15-7-8-17-18(11-15)26-13-25-17/h6-9,11-12,16H,2-5,10,13H2,1H3,(H,22,24). The van der Waals surface area contributed by atoms with Crippen molar-refractivity contribution in [2.45, 2.75) is 38.6 Å². The number of fused-ring (bicyclic) bond motifs is 1. The Morgan fingerprint density at radius 1 is 1.23 bits per heavy atom. The van der Waals surface area contributed by atoms with Gasteiger partial charge in [0.05, 0.1) is 5.56 Å². The number of ether oxygens (including phenoxy) is 2. The zero-order valence-corrected chi connectivity index (χ0v) is 14.9. The number of pyridine rings is 1. The molecule has 0 saturated carbocycles. The second-order valence-electron chi connectivity index (χ2n) is 6.68. The SMILES string of the molecule is CCC1CCCCN1c1ccc(C(=O)Nc2ccc3c(c2)OCO3)cn1. The highest BCUT2D eigenvalue weighted by molar-refractivity contribution is 6.04. The minimum absolute atomic E-state index is 0.186. The molecule has 2 aromatic rings. The minimum Gasteiger partial charge on any atom is -0.454 e. The second-order valence-corrected chi connectivity index (χ2v) is 6.68. The summed E-state index contributed by atoms with van der Waals surface area (Å²) in [5.41, 5.74) is 1.21. The molecular formula is C20H23N3O3. The molecule has 26 heavy (non-hydrogen) atoms. The highest BCUT2D eigenvalue weighted by Crippen LogP contribution is 2.34. The maximum Gasteiger partial charge on any atom is 0.257 e. The number of anilines is 2. The Morgan fingerprint density at radius 3 is 2.92 bits per heavy atom. The maximum atomic E-state index is 12.5. The van der Waals surface area contributed by atoms with E-state index in [1.54, 1.807) is 24.4 Å². The zero-order chi connectivity index (χ0) is 17.9. The number of hydrogen-bond acceptors (Lipinski definition) is 5. The average molecular weight is 353 g/mol. The van der Waals surface area contributed by atoms with Crippen molar-refractivity contribution in [2.75, 3.05) is 23.6 Å². The molecule has 6 nitrogen and oxygen atoms in total. The zero-order valence-electron chi connectivity index (χ0n) is 14.9. The van der Waals surface area contributed by atoms with Crippen LogP contribution >= 0.6 is 0 Å². The molecule has 2 aliphatic rings. The summed E-state index contributed by atoms with van der Waals surface area (Å²) in [5, 5.41) is 2.88. The third-order valence-corrected chi connectivity index (χ3v) is 5.03. The van der Waals surface area contributed by atoms with E-state index in [4.69, 9.17) is 9.47 Å². The molecule has 1 fully saturated rings. The van der Waals surface area contributed by atoms with E-state index in [-0.39, 0.29) is 12.7 Å². The van der Waals surface area contributed by atoms with Gasteiger partial charge in [-0.15, -0.1) is 0 Å². The van der Waals surface area contributed by atoms with Gasteiger partial charge < -0.3 is 19.7 Å². The second kappa shape index (κ2) is 7.23. The van der Waals surface area contributed by atoms with Crippen LogP contribution in [0.3, 0.4) is 0 Å². The van der Waals surface area contributed by atoms with Crippen molar-refractivity contribution in [3.05, 3.63) is 42.1 Å². The lowest BCUT2D eigenvalue weighted by atomic mass is 10.00. The Kier molecular flexibility index (Phi) is 4.65. The predicted octanol–water partition coefficient (Wildman–Crippen LogP) is 3.83. The van der Waals surface area contributed by atoms with Gasteiger partial charge in [-0.25, -0.2) is 4.98 Å². The highest BCUT2D eigenvalue weighted by Gasteiger charge is 2.22. The number of nitrogens with zero attached hydrogens (tertiary/aromatic N) is 2. The molecule has 1 unspecified atom stereocenters. The van der Waals surface area contributed by atoms with E-state index in [1.165, 1.54) is 19.3 Å². The molecule has 1 atom stereocenters. The summed E-state index contributed by atoms with van der Waals surface area (Å²) < 4.78 is 10.6. The number of carbonyl (C=O) groups is 1. The molecule has 2 aliphatic heterocycles. The molecule has 1 saturated heterocycles. The Morgan fingerprint density at radius 2 is 2.12 bits per heavy atom. The molecule has 0 aliphatic carbocycles. The van der Waals surface area contributed by atoms with Crippen molar-refractivity contribution in [1.82, 2.24) is 4.98 Å². The molecule has 3 heterocycles. The van der Waals surface area contributed by atoms with Gasteiger partial charge in [0.25, 0.3) is 5.91 Å². The molecule has 1 aromatic heterocycles. The molecule has 4 rings (SSSR count). The van der Waals surface area contributed by atoms with Gasteiger partial charge in [0, 0.05) is 30.5 Å². The molecule has 1 aromatic carbocycles. The number of nitrogens with one attached hydrogen (secondary N) is 1. The van der Waals surface area contributed by atoms with E-state index in [9.17, 15) is 4.79 Å². The van der Waals surface area contributed by atoms with Gasteiger partial charge in [-0.05, 0) is 49.9 Å². The van der Waals surface area contributed by atoms with Gasteiger partial charge in [-0.1, -0.05) is 6.92 Å². The average Bonchev–Trinajstić information content (AvgIpc) is 3.16. The Balaban J connectivity index is 1.45. The van der Waals surface area contributed by atoms with E-state index in [2.05, 4.69) is 22.1 Å². The predicted molar refractivity (Wildman–Crippen MR) is 100 cm³/mol. The van der Waals surface area contributed by atoms with Crippen molar-refractivity contribution >= 4 is 17.4 Å². The van der Waals surface area contributed by atoms with Crippen molar-refractivity contribution in [1.29, 1.82) is 0 Å². The van der Waals surface area contributed by atoms with Crippen LogP contribution in [0.15, 0.2) is 36.5 Å². The normalized spacial score (nSPS) is 18.7. The van der Waals surface area contributed by atoms with Crippen LogP contribution in [0.4, 0.5) is 11.5 Å². The number of carbonyl (C=O) groups excluding carboxylic acids is 1. The van der Waals surface area contributed by atoms with E-state index in [1.807, 2.05) is 12.1 Å². The quantitative estimate of drug-likeness (QED) is 0.905. The van der Waals surface area contributed by atoms with Crippen LogP contribution in [0.25, 0.3) is 0 Å². The number of piperidine rings is 1. The van der Waals surface area contributed by atoms with Crippen LogP contribution in [0.1, 0.15) is 43.0 Å². The van der Waals surface area contributed by atoms with Crippen LogP contribution in [0.2, 0.25) is 0 Å². The van der Waals surface area contributed by atoms with Crippen LogP contribution in [0.5, 0.6) is 11.5 Å². The first-order chi connectivity index (χ1) is 12.7. The maximum absolute atomic E-state index is 12.5. The van der Waals surface area contributed by atoms with E-state index < -0.39 is 0 Å². The number of benzene rings is 1. The summed E-state index contributed by atoms with van der Waals surface area (Å²) in [5.74, 6) is 2.11. The van der Waals surface area contributed by atoms with Crippen LogP contribution in [-0.2, 0) is 0 Å². The van der Waals surface area contributed by atoms with Gasteiger partial charge in [-0.3, -0.25) is 4.79 Å². The number of aromatic nitrogens is 1. The third kappa shape index (κ3) is 3.31. The van der Waals surface area contributed by atoms with E-state index >= 15 is 0 Å². The Labute approximate surface area is 153 Å². The summed E-state index contributed by atoms with van der Waals surface area (Å²) in [6, 6.07) is 9.69. The highest BCUT2D eigenvalue weighted by atomic mass is 16.7. The molecule has 0 radical (unpaired) electrons. The Bertz CT molecular complexity index is 791. The summed E-state index contributed by atoms with van der Waals surface area (Å²) in [6.45, 7) is 3.47. The van der Waals surface area contributed by atoms with Gasteiger partial charge >= 0.3 is 0 Å². The smallest absolute Gasteiger partial charge is 0.257 e. The van der Waals surface area contributed by atoms with Crippen molar-refractivity contribution < 1.29 is 14.3 Å². The molecule has 0 spiro atoms. The van der Waals surface area contributed by atoms with Gasteiger partial charge in [0.15, 0.2) is 11.5 Å². The summed E-state index contributed by atoms with van der Waals surface area (Å²) in [4.78, 5) is 19.4. The van der Waals surface area contributed by atoms with Crippen molar-refractivity contribution in [3.8, 4) is 11.5 Å². The third-order valence-electron chi connectivity index (χ3n) is 5.03. The first-order valence-electron chi connectivity index (χ1n) is 9.18. The Hall–Kier alpha value is -2.76. The lowest BCUT2D eigenvalue weighted by molar-refractivity contribution is 0.102. The summed E-state index contributed by atoms with van der Waals surface area (Å²) in [6.07, 6.45) is 6.47. The molecular weight excluding hydrogens is 330 g/mol. The molecule has 1 amide bonds. The van der Waals surface area contributed by atoms with Crippen LogP contribution in [-0.4, -0.2) is 30.3 Å². The van der Waals surface area contributed by atoms with Gasteiger partial charge in [0.1, 0.15) is 5.82 Å². The van der Waals surface area contributed by atoms with Gasteiger partial charge in [-0.2, -0.15) is 0 Å². The topological polar surface area (TPSA) is 63.7 Å². The van der Waals surface area contributed by atoms with Crippen molar-refractivity contribution in [3.63, 3.8) is 0 Å². The fourth-order valence-electron chi connectivity index (χ4n) is 3.59. The van der Waals surface area contributed by atoms with E-state index in [0.29, 0.717) is 28.8 Å². The van der Waals surface area contributed by atoms with Gasteiger partial charge in [0.2, 0.25) is 6.79 Å². The summed E-state index contributed by atoms with van der Waals surface area (Å²) in [7, 11) is 0. The fourth-order valence-corrected chi connectivity index (χ4v) is 3.59. The lowest BCUT2D eigenvalue weighted by Crippen LogP contribution is -2.39. The largest absolute Gasteiger partial charge is 0.454 e. The van der Waals surface area contributed by atoms with Crippen molar-refractivity contribution in [2.24, 2.45) is 0 Å². The van der Waals surface area contributed by atoms with Crippen LogP contribution < -0.4 is 19.7 Å². The monoisotopic (exact) mass is 353 g/mol. The molecule has 0 bridgehead atoms. The molecule has 6 heteroatoms. The fraction of sp³-hybridized carbons (Fsp3) is 0.400. The lowest BCUT2D eigenvalue weighted by Gasteiger charge is -2.36. The minimum atomic E-state index is -0.186. The van der Waals surface area contributed by atoms with E-state index in [0.717, 1.165) is 18.8 Å². The summed E-state index contributed by atoms with van der Waals surface area (Å²) >= 11 is 0. The molecule has 1 N–H and O–H groups in total. The number of rotatable bonds is 4. The molecule has 136 valence electrons. The first kappa shape index (κ1) is 16.7. The first-order valence-corrected chi connectivity index (χ1v) is 9.18.